The van der Waals surface area contributed by atoms with E-state index in [4.69, 9.17) is 9.47 Å². The van der Waals surface area contributed by atoms with Crippen LogP contribution in [0, 0.1) is 6.92 Å². The van der Waals surface area contributed by atoms with Crippen LogP contribution >= 0.6 is 0 Å². The van der Waals surface area contributed by atoms with Crippen molar-refractivity contribution in [2.75, 3.05) is 39.4 Å². The average molecular weight is 556 g/mol. The van der Waals surface area contributed by atoms with E-state index in [1.165, 1.54) is 0 Å². The number of nitrogens with zero attached hydrogens (tertiary/aromatic N) is 4. The number of piperazine rings is 1. The summed E-state index contributed by atoms with van der Waals surface area (Å²) in [7, 11) is 0. The van der Waals surface area contributed by atoms with Crippen molar-refractivity contribution in [1.29, 1.82) is 0 Å². The maximum Gasteiger partial charge on any atom is 0.409 e. The molecule has 0 spiro atoms. The van der Waals surface area contributed by atoms with Crippen LogP contribution in [0.3, 0.4) is 0 Å². The Balaban J connectivity index is 1.77. The minimum Gasteiger partial charge on any atom is -0.465 e. The normalized spacial score (nSPS) is 19.5. The van der Waals surface area contributed by atoms with Crippen LogP contribution in [0.1, 0.15) is 75.4 Å². The fraction of sp³-hybridized carbons (Fsp3) is 0.586. The van der Waals surface area contributed by atoms with Crippen molar-refractivity contribution >= 4 is 23.9 Å². The molecule has 2 unspecified atom stereocenters. The molecule has 1 aromatic rings. The zero-order chi connectivity index (χ0) is 29.3. The standard InChI is InChI=1S/C29H41N5O6/c1-6-9-17-40-27(37)29(12-10-11-20(4)19-29)26-30-21(5)18-23(32-26)24(35)31-22(7-2)25(36)33-13-15-34(16-14-33)28(38)39-8-3/h10-12,18,22H,6-9,13-17,19H2,1-5H3,(H,31,35). The van der Waals surface area contributed by atoms with E-state index in [0.717, 1.165) is 18.4 Å². The van der Waals surface area contributed by atoms with Gasteiger partial charge in [0.1, 0.15) is 17.2 Å². The number of amides is 3. The highest BCUT2D eigenvalue weighted by Crippen LogP contribution is 2.35. The number of hydrogen-bond donors (Lipinski definition) is 1. The predicted molar refractivity (Wildman–Crippen MR) is 149 cm³/mol. The number of esters is 1. The van der Waals surface area contributed by atoms with Crippen LogP contribution in [0.15, 0.2) is 29.9 Å². The number of carbonyl (C=O) groups is 4. The highest BCUT2D eigenvalue weighted by atomic mass is 16.6. The second kappa shape index (κ2) is 14.0. The third-order valence-corrected chi connectivity index (χ3v) is 7.03. The summed E-state index contributed by atoms with van der Waals surface area (Å²) < 4.78 is 10.6. The number of aryl methyl sites for hydroxylation is 1. The van der Waals surface area contributed by atoms with Gasteiger partial charge in [-0.1, -0.05) is 44.1 Å². The average Bonchev–Trinajstić information content (AvgIpc) is 2.95. The van der Waals surface area contributed by atoms with E-state index in [2.05, 4.69) is 15.3 Å². The highest BCUT2D eigenvalue weighted by Gasteiger charge is 2.44. The summed E-state index contributed by atoms with van der Waals surface area (Å²) in [5.74, 6) is -1.02. The molecule has 0 radical (unpaired) electrons. The summed E-state index contributed by atoms with van der Waals surface area (Å²) in [6, 6.07) is 0.771. The summed E-state index contributed by atoms with van der Waals surface area (Å²) in [4.78, 5) is 64.2. The van der Waals surface area contributed by atoms with Crippen molar-refractivity contribution in [2.24, 2.45) is 0 Å². The van der Waals surface area contributed by atoms with E-state index in [-0.39, 0.29) is 17.4 Å². The van der Waals surface area contributed by atoms with Crippen molar-refractivity contribution in [3.63, 3.8) is 0 Å². The molecule has 1 N–H and O–H groups in total. The molecule has 2 heterocycles. The Morgan fingerprint density at radius 2 is 1.73 bits per heavy atom. The molecule has 3 rings (SSSR count). The van der Waals surface area contributed by atoms with E-state index in [0.29, 0.717) is 57.9 Å². The van der Waals surface area contributed by atoms with Gasteiger partial charge in [0.05, 0.1) is 13.2 Å². The van der Waals surface area contributed by atoms with Crippen molar-refractivity contribution < 1.29 is 28.7 Å². The Morgan fingerprint density at radius 3 is 2.35 bits per heavy atom. The van der Waals surface area contributed by atoms with Gasteiger partial charge >= 0.3 is 12.1 Å². The number of hydrogen-bond acceptors (Lipinski definition) is 8. The Labute approximate surface area is 236 Å². The van der Waals surface area contributed by atoms with Crippen LogP contribution in [-0.2, 0) is 24.5 Å². The molecular formula is C29H41N5O6. The van der Waals surface area contributed by atoms with Gasteiger partial charge in [0.25, 0.3) is 5.91 Å². The molecule has 1 aliphatic heterocycles. The molecule has 11 heteroatoms. The first kappa shape index (κ1) is 30.8. The second-order valence-electron chi connectivity index (χ2n) is 10.2. The first-order valence-corrected chi connectivity index (χ1v) is 14.0. The number of unbranched alkanes of at least 4 members (excludes halogenated alkanes) is 1. The van der Waals surface area contributed by atoms with Gasteiger partial charge in [-0.25, -0.2) is 14.8 Å². The first-order valence-electron chi connectivity index (χ1n) is 14.0. The van der Waals surface area contributed by atoms with Gasteiger partial charge in [-0.15, -0.1) is 0 Å². The maximum absolute atomic E-state index is 13.4. The topological polar surface area (TPSA) is 131 Å². The Bertz CT molecular complexity index is 1160. The van der Waals surface area contributed by atoms with E-state index in [1.807, 2.05) is 26.8 Å². The molecule has 3 amide bonds. The van der Waals surface area contributed by atoms with Crippen molar-refractivity contribution in [2.45, 2.75) is 71.8 Å². The second-order valence-corrected chi connectivity index (χ2v) is 10.2. The number of ether oxygens (including phenoxy) is 2. The fourth-order valence-corrected chi connectivity index (χ4v) is 4.76. The quantitative estimate of drug-likeness (QED) is 0.344. The molecule has 1 aliphatic carbocycles. The third-order valence-electron chi connectivity index (χ3n) is 7.03. The third kappa shape index (κ3) is 7.25. The van der Waals surface area contributed by atoms with Gasteiger partial charge in [0, 0.05) is 31.9 Å². The van der Waals surface area contributed by atoms with Gasteiger partial charge in [-0.3, -0.25) is 14.4 Å². The molecule has 1 aromatic heterocycles. The number of allylic oxidation sites excluding steroid dienone is 3. The molecule has 40 heavy (non-hydrogen) atoms. The molecule has 2 atom stereocenters. The number of carbonyl (C=O) groups excluding carboxylic acids is 4. The predicted octanol–water partition coefficient (Wildman–Crippen LogP) is 3.08. The minimum absolute atomic E-state index is 0.0715. The van der Waals surface area contributed by atoms with Crippen LogP contribution in [0.4, 0.5) is 4.79 Å². The van der Waals surface area contributed by atoms with Crippen LogP contribution in [0.25, 0.3) is 0 Å². The lowest BCUT2D eigenvalue weighted by Gasteiger charge is -2.35. The molecule has 0 aromatic carbocycles. The number of aromatic nitrogens is 2. The summed E-state index contributed by atoms with van der Waals surface area (Å²) in [5, 5.41) is 2.81. The Kier molecular flexibility index (Phi) is 10.8. The molecule has 218 valence electrons. The number of nitrogens with one attached hydrogen (secondary N) is 1. The van der Waals surface area contributed by atoms with Crippen LogP contribution < -0.4 is 5.32 Å². The van der Waals surface area contributed by atoms with E-state index >= 15 is 0 Å². The van der Waals surface area contributed by atoms with Gasteiger partial charge in [-0.05, 0) is 46.1 Å². The zero-order valence-corrected chi connectivity index (χ0v) is 24.2. The van der Waals surface area contributed by atoms with E-state index in [9.17, 15) is 19.2 Å². The van der Waals surface area contributed by atoms with Gasteiger partial charge in [-0.2, -0.15) is 0 Å². The zero-order valence-electron chi connectivity index (χ0n) is 24.2. The summed E-state index contributed by atoms with van der Waals surface area (Å²) in [6.45, 7) is 11.2. The Hall–Kier alpha value is -3.76. The molecule has 0 saturated carbocycles. The van der Waals surface area contributed by atoms with E-state index < -0.39 is 29.4 Å². The largest absolute Gasteiger partial charge is 0.465 e. The monoisotopic (exact) mass is 555 g/mol. The SMILES string of the molecule is CCCCOC(=O)C1(c2nc(C)cc(C(=O)NC(CC)C(=O)N3CCN(C(=O)OCC)CC3)n2)C=CC=C(C)C1. The molecule has 0 bridgehead atoms. The van der Waals surface area contributed by atoms with Gasteiger partial charge < -0.3 is 24.6 Å². The molecule has 1 saturated heterocycles. The lowest BCUT2D eigenvalue weighted by molar-refractivity contribution is -0.149. The molecule has 11 nitrogen and oxygen atoms in total. The fourth-order valence-electron chi connectivity index (χ4n) is 4.76. The van der Waals surface area contributed by atoms with Crippen LogP contribution in [0.5, 0.6) is 0 Å². The summed E-state index contributed by atoms with van der Waals surface area (Å²) in [6.07, 6.45) is 7.40. The molecule has 1 fully saturated rings. The van der Waals surface area contributed by atoms with Gasteiger partial charge in [0.15, 0.2) is 5.82 Å². The summed E-state index contributed by atoms with van der Waals surface area (Å²) >= 11 is 0. The van der Waals surface area contributed by atoms with Crippen molar-refractivity contribution in [3.05, 3.63) is 47.1 Å². The minimum atomic E-state index is -1.24. The lowest BCUT2D eigenvalue weighted by atomic mass is 9.77. The van der Waals surface area contributed by atoms with Crippen molar-refractivity contribution in [1.82, 2.24) is 25.1 Å². The lowest BCUT2D eigenvalue weighted by Crippen LogP contribution is -2.55. The van der Waals surface area contributed by atoms with Crippen LogP contribution in [-0.4, -0.2) is 89.1 Å². The number of rotatable bonds is 10. The van der Waals surface area contributed by atoms with Crippen LogP contribution in [0.2, 0.25) is 0 Å². The Morgan fingerprint density at radius 1 is 1.02 bits per heavy atom. The maximum atomic E-state index is 13.4. The first-order chi connectivity index (χ1) is 19.1. The molecular weight excluding hydrogens is 514 g/mol. The highest BCUT2D eigenvalue weighted by molar-refractivity contribution is 5.96. The smallest absolute Gasteiger partial charge is 0.409 e. The van der Waals surface area contributed by atoms with Gasteiger partial charge in [0.2, 0.25) is 5.91 Å². The van der Waals surface area contributed by atoms with Crippen molar-refractivity contribution in [3.8, 4) is 0 Å². The molecule has 2 aliphatic rings. The van der Waals surface area contributed by atoms with E-state index in [1.54, 1.807) is 41.9 Å². The summed E-state index contributed by atoms with van der Waals surface area (Å²) in [5.41, 5.74) is 0.311.